The normalized spacial score (nSPS) is 26.3. The van der Waals surface area contributed by atoms with Crippen LogP contribution in [0.5, 0.6) is 0 Å². The molecule has 0 saturated carbocycles. The van der Waals surface area contributed by atoms with Crippen LogP contribution in [0.4, 0.5) is 0 Å². The summed E-state index contributed by atoms with van der Waals surface area (Å²) in [7, 11) is 0. The maximum atomic E-state index is 4.84. The summed E-state index contributed by atoms with van der Waals surface area (Å²) < 4.78 is 0. The Balaban J connectivity index is 1.49. The lowest BCUT2D eigenvalue weighted by Gasteiger charge is -2.20. The Labute approximate surface area is 135 Å². The first-order valence-corrected chi connectivity index (χ1v) is 9.60. The van der Waals surface area contributed by atoms with Crippen LogP contribution in [0.3, 0.4) is 0 Å². The van der Waals surface area contributed by atoms with Gasteiger partial charge < -0.3 is 10.2 Å². The molecule has 0 saturated heterocycles. The largest absolute Gasteiger partial charge is 0.358 e. The molecule has 0 amide bonds. The molecule has 0 aliphatic carbocycles. The zero-order chi connectivity index (χ0) is 14.9. The smallest absolute Gasteiger partial charge is 0.168 e. The van der Waals surface area contributed by atoms with Gasteiger partial charge in [0.15, 0.2) is 10.3 Å². The number of hydrogen-bond donors (Lipinski definition) is 1. The summed E-state index contributed by atoms with van der Waals surface area (Å²) >= 11 is 3.59. The van der Waals surface area contributed by atoms with E-state index in [0.717, 1.165) is 24.0 Å². The minimum atomic E-state index is 0.118. The minimum Gasteiger partial charge on any atom is -0.358 e. The molecule has 1 unspecified atom stereocenters. The van der Waals surface area contributed by atoms with Gasteiger partial charge in [0.1, 0.15) is 0 Å². The van der Waals surface area contributed by atoms with E-state index < -0.39 is 0 Å². The van der Waals surface area contributed by atoms with Gasteiger partial charge in [0, 0.05) is 18.0 Å². The maximum absolute atomic E-state index is 4.84. The van der Waals surface area contributed by atoms with Crippen molar-refractivity contribution in [3.63, 3.8) is 0 Å². The van der Waals surface area contributed by atoms with Gasteiger partial charge in [-0.25, -0.2) is 0 Å². The number of unbranched alkanes of at least 4 members (excludes halogenated alkanes) is 1. The summed E-state index contributed by atoms with van der Waals surface area (Å²) in [4.78, 5) is 11.8. The highest BCUT2D eigenvalue weighted by Crippen LogP contribution is 2.34. The zero-order valence-corrected chi connectivity index (χ0v) is 14.7. The van der Waals surface area contributed by atoms with Crippen LogP contribution < -0.4 is 5.32 Å². The Morgan fingerprint density at radius 3 is 3.10 bits per heavy atom. The number of thioether (sulfide) groups is 2. The zero-order valence-electron chi connectivity index (χ0n) is 13.1. The van der Waals surface area contributed by atoms with Crippen molar-refractivity contribution in [2.24, 2.45) is 9.98 Å². The summed E-state index contributed by atoms with van der Waals surface area (Å²) in [6.45, 7) is 8.58. The molecule has 1 atom stereocenters. The van der Waals surface area contributed by atoms with Gasteiger partial charge in [-0.3, -0.25) is 9.98 Å². The molecule has 0 radical (unpaired) electrons. The molecule has 21 heavy (non-hydrogen) atoms. The molecule has 3 rings (SSSR count). The fraction of sp³-hybridized carbons (Fsp3) is 0.733. The third kappa shape index (κ3) is 3.59. The highest BCUT2D eigenvalue weighted by atomic mass is 32.2. The van der Waals surface area contributed by atoms with Crippen molar-refractivity contribution in [1.29, 1.82) is 0 Å². The first-order chi connectivity index (χ1) is 10.1. The van der Waals surface area contributed by atoms with E-state index in [1.165, 1.54) is 30.1 Å². The number of nitrogens with one attached hydrogen (secondary N) is 1. The second kappa shape index (κ2) is 6.24. The van der Waals surface area contributed by atoms with Crippen molar-refractivity contribution in [3.05, 3.63) is 11.1 Å². The van der Waals surface area contributed by atoms with Gasteiger partial charge in [0.2, 0.25) is 0 Å². The molecule has 0 fully saturated rings. The van der Waals surface area contributed by atoms with E-state index in [4.69, 9.17) is 4.99 Å². The van der Waals surface area contributed by atoms with Gasteiger partial charge in [-0.1, -0.05) is 43.3 Å². The van der Waals surface area contributed by atoms with E-state index in [1.807, 2.05) is 11.8 Å². The van der Waals surface area contributed by atoms with Crippen LogP contribution in [-0.4, -0.2) is 45.7 Å². The lowest BCUT2D eigenvalue weighted by atomic mass is 10.1. The molecule has 0 bridgehead atoms. The highest BCUT2D eigenvalue weighted by Gasteiger charge is 2.32. The topological polar surface area (TPSA) is 40.0 Å². The van der Waals surface area contributed by atoms with Crippen molar-refractivity contribution in [2.45, 2.75) is 51.6 Å². The molecular formula is C15H24N4S2. The van der Waals surface area contributed by atoms with Gasteiger partial charge in [-0.15, -0.1) is 0 Å². The second-order valence-corrected chi connectivity index (χ2v) is 8.26. The van der Waals surface area contributed by atoms with E-state index in [2.05, 4.69) is 41.4 Å². The summed E-state index contributed by atoms with van der Waals surface area (Å²) in [6.07, 6.45) is 3.76. The van der Waals surface area contributed by atoms with Crippen LogP contribution >= 0.6 is 23.5 Å². The van der Waals surface area contributed by atoms with E-state index >= 15 is 0 Å². The third-order valence-electron chi connectivity index (χ3n) is 3.88. The van der Waals surface area contributed by atoms with E-state index in [9.17, 15) is 0 Å². The first-order valence-electron chi connectivity index (χ1n) is 7.74. The van der Waals surface area contributed by atoms with Crippen molar-refractivity contribution < 1.29 is 0 Å². The van der Waals surface area contributed by atoms with E-state index in [1.54, 1.807) is 11.8 Å². The van der Waals surface area contributed by atoms with Crippen LogP contribution in [-0.2, 0) is 0 Å². The van der Waals surface area contributed by atoms with E-state index in [0.29, 0.717) is 6.04 Å². The predicted octanol–water partition coefficient (Wildman–Crippen LogP) is 3.28. The van der Waals surface area contributed by atoms with Gasteiger partial charge in [0.25, 0.3) is 0 Å². The molecule has 3 aliphatic rings. The minimum absolute atomic E-state index is 0.118. The molecule has 1 N–H and O–H groups in total. The predicted molar refractivity (Wildman–Crippen MR) is 95.1 cm³/mol. The first kappa shape index (κ1) is 15.3. The Hall–Kier alpha value is -0.620. The Bertz CT molecular complexity index is 496. The van der Waals surface area contributed by atoms with Crippen LogP contribution in [0.1, 0.15) is 40.0 Å². The van der Waals surface area contributed by atoms with Crippen LogP contribution in [0.25, 0.3) is 0 Å². The molecule has 0 spiro atoms. The molecule has 0 aromatic heterocycles. The van der Waals surface area contributed by atoms with Crippen molar-refractivity contribution in [1.82, 2.24) is 10.2 Å². The summed E-state index contributed by atoms with van der Waals surface area (Å²) in [5, 5.41) is 8.02. The lowest BCUT2D eigenvalue weighted by Crippen LogP contribution is -2.38. The Morgan fingerprint density at radius 2 is 2.38 bits per heavy atom. The Kier molecular flexibility index (Phi) is 4.54. The van der Waals surface area contributed by atoms with Crippen LogP contribution in [0, 0.1) is 0 Å². The monoisotopic (exact) mass is 324 g/mol. The van der Waals surface area contributed by atoms with E-state index in [-0.39, 0.29) is 5.54 Å². The average Bonchev–Trinajstić information content (AvgIpc) is 3.08. The number of amidine groups is 2. The SMILES string of the molecule is CCCCC1CN2C(CSC3=NCC(C)(C)N3)=CSC2=N1. The van der Waals surface area contributed by atoms with Crippen LogP contribution in [0.2, 0.25) is 0 Å². The van der Waals surface area contributed by atoms with Gasteiger partial charge >= 0.3 is 0 Å². The molecule has 116 valence electrons. The molecular weight excluding hydrogens is 300 g/mol. The van der Waals surface area contributed by atoms with Gasteiger partial charge in [-0.2, -0.15) is 0 Å². The number of nitrogens with zero attached hydrogens (tertiary/aromatic N) is 3. The molecule has 4 nitrogen and oxygen atoms in total. The highest BCUT2D eigenvalue weighted by molar-refractivity contribution is 8.17. The van der Waals surface area contributed by atoms with Crippen molar-refractivity contribution >= 4 is 33.9 Å². The second-order valence-electron chi connectivity index (χ2n) is 6.46. The van der Waals surface area contributed by atoms with Gasteiger partial charge in [0.05, 0.1) is 18.1 Å². The standard InChI is InChI=1S/C15H24N4S2/c1-4-5-6-11-7-19-12(9-21-14(19)17-11)8-20-13-16-10-15(2,3)18-13/h9,11H,4-8,10H2,1-3H3,(H,16,18). The molecule has 3 heterocycles. The summed E-state index contributed by atoms with van der Waals surface area (Å²) in [5.41, 5.74) is 1.50. The average molecular weight is 325 g/mol. The quantitative estimate of drug-likeness (QED) is 0.842. The molecule has 6 heteroatoms. The Morgan fingerprint density at radius 1 is 1.52 bits per heavy atom. The number of fused-ring (bicyclic) bond motifs is 1. The summed E-state index contributed by atoms with van der Waals surface area (Å²) in [6, 6.07) is 0.502. The molecule has 0 aromatic rings. The van der Waals surface area contributed by atoms with Crippen LogP contribution in [0.15, 0.2) is 21.1 Å². The van der Waals surface area contributed by atoms with Crippen molar-refractivity contribution in [3.8, 4) is 0 Å². The third-order valence-corrected chi connectivity index (χ3v) is 5.75. The van der Waals surface area contributed by atoms with Gasteiger partial charge in [-0.05, 0) is 25.7 Å². The van der Waals surface area contributed by atoms with Crippen molar-refractivity contribution in [2.75, 3.05) is 18.8 Å². The molecule has 3 aliphatic heterocycles. The number of hydrogen-bond acceptors (Lipinski definition) is 6. The fourth-order valence-electron chi connectivity index (χ4n) is 2.64. The lowest BCUT2D eigenvalue weighted by molar-refractivity contribution is 0.485. The molecule has 0 aromatic carbocycles. The fourth-order valence-corrected chi connectivity index (χ4v) is 4.76. The number of aliphatic imine (C=N–C) groups is 2. The maximum Gasteiger partial charge on any atom is 0.168 e. The number of rotatable bonds is 5. The summed E-state index contributed by atoms with van der Waals surface area (Å²) in [5.74, 6) is 0.981.